The maximum Gasteiger partial charge on any atom is 0.325 e. The maximum absolute atomic E-state index is 12.9. The molecule has 0 saturated carbocycles. The molecule has 1 spiro atoms. The van der Waals surface area contributed by atoms with Crippen molar-refractivity contribution in [3.05, 3.63) is 35.4 Å². The van der Waals surface area contributed by atoms with Crippen molar-refractivity contribution >= 4 is 17.8 Å². The van der Waals surface area contributed by atoms with E-state index in [4.69, 9.17) is 0 Å². The molecule has 0 aromatic heterocycles. The number of likely N-dealkylation sites (N-methyl/N-ethyl adjacent to an activating group) is 1. The van der Waals surface area contributed by atoms with Crippen molar-refractivity contribution in [2.75, 3.05) is 20.1 Å². The van der Waals surface area contributed by atoms with Crippen molar-refractivity contribution in [1.29, 1.82) is 0 Å². The number of unbranched alkanes of at least 4 members (excludes halogenated alkanes) is 1. The quantitative estimate of drug-likeness (QED) is 0.835. The van der Waals surface area contributed by atoms with Gasteiger partial charge in [-0.1, -0.05) is 37.6 Å². The smallest absolute Gasteiger partial charge is 0.325 e. The van der Waals surface area contributed by atoms with Gasteiger partial charge in [0.2, 0.25) is 5.91 Å². The molecule has 6 nitrogen and oxygen atoms in total. The van der Waals surface area contributed by atoms with Gasteiger partial charge in [0.1, 0.15) is 12.1 Å². The van der Waals surface area contributed by atoms with E-state index in [2.05, 4.69) is 12.2 Å². The number of hydrogen-bond acceptors (Lipinski definition) is 3. The molecule has 128 valence electrons. The number of rotatable bonds is 5. The lowest BCUT2D eigenvalue weighted by atomic mass is 9.92. The Bertz CT molecular complexity index is 688. The fourth-order valence-electron chi connectivity index (χ4n) is 3.51. The van der Waals surface area contributed by atoms with Gasteiger partial charge in [0, 0.05) is 13.6 Å². The van der Waals surface area contributed by atoms with Crippen molar-refractivity contribution in [3.63, 3.8) is 0 Å². The molecule has 1 heterocycles. The second kappa shape index (κ2) is 6.26. The van der Waals surface area contributed by atoms with Gasteiger partial charge in [-0.3, -0.25) is 14.5 Å². The van der Waals surface area contributed by atoms with Crippen LogP contribution in [-0.2, 0) is 21.5 Å². The highest BCUT2D eigenvalue weighted by Gasteiger charge is 2.55. The predicted molar refractivity (Wildman–Crippen MR) is 89.2 cm³/mol. The number of fused-ring (bicyclic) bond motifs is 2. The lowest BCUT2D eigenvalue weighted by Gasteiger charge is -2.23. The zero-order valence-electron chi connectivity index (χ0n) is 14.2. The van der Waals surface area contributed by atoms with Gasteiger partial charge >= 0.3 is 6.03 Å². The fraction of sp³-hybridized carbons (Fsp3) is 0.500. The molecule has 1 fully saturated rings. The molecule has 4 amide bonds. The van der Waals surface area contributed by atoms with E-state index >= 15 is 0 Å². The van der Waals surface area contributed by atoms with Crippen LogP contribution in [0.2, 0.25) is 0 Å². The number of nitrogens with one attached hydrogen (secondary N) is 1. The molecule has 3 rings (SSSR count). The van der Waals surface area contributed by atoms with Crippen molar-refractivity contribution in [3.8, 4) is 0 Å². The molecule has 1 N–H and O–H groups in total. The zero-order chi connectivity index (χ0) is 17.3. The number of urea groups is 1. The highest BCUT2D eigenvalue weighted by atomic mass is 16.2. The van der Waals surface area contributed by atoms with Crippen LogP contribution in [0.4, 0.5) is 4.79 Å². The molecule has 1 aliphatic heterocycles. The van der Waals surface area contributed by atoms with Crippen LogP contribution < -0.4 is 5.32 Å². The Morgan fingerprint density at radius 3 is 2.83 bits per heavy atom. The SMILES string of the molecule is CCCCN(C)C(=O)CN1C(=O)NC2(CCc3ccccc32)C1=O. The monoisotopic (exact) mass is 329 g/mol. The van der Waals surface area contributed by atoms with E-state index in [1.165, 1.54) is 0 Å². The first-order chi connectivity index (χ1) is 11.5. The van der Waals surface area contributed by atoms with E-state index in [0.29, 0.717) is 13.0 Å². The lowest BCUT2D eigenvalue weighted by molar-refractivity contribution is -0.138. The van der Waals surface area contributed by atoms with Crippen molar-refractivity contribution in [2.45, 2.75) is 38.1 Å². The third kappa shape index (κ3) is 2.56. The van der Waals surface area contributed by atoms with Gasteiger partial charge in [-0.2, -0.15) is 0 Å². The average Bonchev–Trinajstić information content (AvgIpc) is 3.06. The number of carbonyl (C=O) groups is 3. The number of carbonyl (C=O) groups excluding carboxylic acids is 3. The average molecular weight is 329 g/mol. The Balaban J connectivity index is 1.77. The molecule has 1 aromatic carbocycles. The number of amides is 4. The second-order valence-corrected chi connectivity index (χ2v) is 6.55. The Morgan fingerprint density at radius 1 is 1.33 bits per heavy atom. The second-order valence-electron chi connectivity index (χ2n) is 6.55. The van der Waals surface area contributed by atoms with Crippen molar-refractivity contribution in [1.82, 2.24) is 15.1 Å². The Morgan fingerprint density at radius 2 is 2.08 bits per heavy atom. The number of hydrogen-bond donors (Lipinski definition) is 1. The molecule has 2 aliphatic rings. The van der Waals surface area contributed by atoms with Crippen molar-refractivity contribution in [2.24, 2.45) is 0 Å². The summed E-state index contributed by atoms with van der Waals surface area (Å²) in [5.74, 6) is -0.523. The number of benzene rings is 1. The van der Waals surface area contributed by atoms with E-state index in [0.717, 1.165) is 35.3 Å². The van der Waals surface area contributed by atoms with Crippen molar-refractivity contribution < 1.29 is 14.4 Å². The van der Waals surface area contributed by atoms with E-state index in [1.54, 1.807) is 11.9 Å². The van der Waals surface area contributed by atoms with Gasteiger partial charge in [0.05, 0.1) is 0 Å². The first-order valence-electron chi connectivity index (χ1n) is 8.46. The summed E-state index contributed by atoms with van der Waals surface area (Å²) in [6.45, 7) is 2.48. The minimum atomic E-state index is -0.990. The normalized spacial score (nSPS) is 22.0. The van der Waals surface area contributed by atoms with Crippen LogP contribution in [-0.4, -0.2) is 47.8 Å². The van der Waals surface area contributed by atoms with Gasteiger partial charge < -0.3 is 10.2 Å². The molecule has 0 radical (unpaired) electrons. The summed E-state index contributed by atoms with van der Waals surface area (Å²) in [5.41, 5.74) is 0.952. The summed E-state index contributed by atoms with van der Waals surface area (Å²) < 4.78 is 0. The van der Waals surface area contributed by atoms with Gasteiger partial charge in [0.25, 0.3) is 5.91 Å². The summed E-state index contributed by atoms with van der Waals surface area (Å²) in [6.07, 6.45) is 3.19. The van der Waals surface area contributed by atoms with Crippen LogP contribution in [0.15, 0.2) is 24.3 Å². The first kappa shape index (κ1) is 16.5. The van der Waals surface area contributed by atoms with Gasteiger partial charge in [-0.05, 0) is 30.4 Å². The van der Waals surface area contributed by atoms with Crippen LogP contribution in [0.3, 0.4) is 0 Å². The largest absolute Gasteiger partial charge is 0.344 e. The predicted octanol–water partition coefficient (Wildman–Crippen LogP) is 1.64. The zero-order valence-corrected chi connectivity index (χ0v) is 14.2. The lowest BCUT2D eigenvalue weighted by Crippen LogP contribution is -2.44. The van der Waals surface area contributed by atoms with Crippen LogP contribution in [0.1, 0.15) is 37.3 Å². The fourth-order valence-corrected chi connectivity index (χ4v) is 3.51. The Labute approximate surface area is 141 Å². The third-order valence-electron chi connectivity index (χ3n) is 4.99. The van der Waals surface area contributed by atoms with Crippen LogP contribution >= 0.6 is 0 Å². The molecule has 6 heteroatoms. The molecule has 1 atom stereocenters. The van der Waals surface area contributed by atoms with Crippen LogP contribution in [0, 0.1) is 0 Å². The Kier molecular flexibility index (Phi) is 4.30. The standard InChI is InChI=1S/C18H23N3O3/c1-3-4-11-20(2)15(22)12-21-16(23)18(19-17(21)24)10-9-13-7-5-6-8-14(13)18/h5-8H,3-4,9-12H2,1-2H3,(H,19,24). The molecule has 24 heavy (non-hydrogen) atoms. The summed E-state index contributed by atoms with van der Waals surface area (Å²) >= 11 is 0. The van der Waals surface area contributed by atoms with E-state index in [1.807, 2.05) is 24.3 Å². The van der Waals surface area contributed by atoms with Gasteiger partial charge in [-0.15, -0.1) is 0 Å². The molecule has 1 aliphatic carbocycles. The number of nitrogens with zero attached hydrogens (tertiary/aromatic N) is 2. The topological polar surface area (TPSA) is 69.7 Å². The maximum atomic E-state index is 12.9. The third-order valence-corrected chi connectivity index (χ3v) is 4.99. The molecule has 1 aromatic rings. The molecule has 1 saturated heterocycles. The molecular weight excluding hydrogens is 306 g/mol. The van der Waals surface area contributed by atoms with E-state index in [9.17, 15) is 14.4 Å². The minimum absolute atomic E-state index is 0.200. The first-order valence-corrected chi connectivity index (χ1v) is 8.46. The van der Waals surface area contributed by atoms with Crippen LogP contribution in [0.25, 0.3) is 0 Å². The number of aryl methyl sites for hydroxylation is 1. The highest BCUT2D eigenvalue weighted by molar-refractivity contribution is 6.09. The molecule has 0 bridgehead atoms. The van der Waals surface area contributed by atoms with E-state index < -0.39 is 11.6 Å². The summed E-state index contributed by atoms with van der Waals surface area (Å²) in [7, 11) is 1.71. The minimum Gasteiger partial charge on any atom is -0.344 e. The Hall–Kier alpha value is -2.37. The number of imide groups is 1. The molecule has 1 unspecified atom stereocenters. The highest BCUT2D eigenvalue weighted by Crippen LogP contribution is 2.41. The van der Waals surface area contributed by atoms with Gasteiger partial charge in [-0.25, -0.2) is 4.79 Å². The summed E-state index contributed by atoms with van der Waals surface area (Å²) in [6, 6.07) is 7.20. The van der Waals surface area contributed by atoms with Crippen LogP contribution in [0.5, 0.6) is 0 Å². The van der Waals surface area contributed by atoms with E-state index in [-0.39, 0.29) is 18.4 Å². The van der Waals surface area contributed by atoms with Gasteiger partial charge in [0.15, 0.2) is 0 Å². The summed E-state index contributed by atoms with van der Waals surface area (Å²) in [4.78, 5) is 40.2. The molecular formula is C18H23N3O3. The summed E-state index contributed by atoms with van der Waals surface area (Å²) in [5, 5.41) is 2.84.